The standard InChI is InChI=1S/C26H30N2O6/c29-14-13-28(15-23(30)31)24(32)26(11-5-6-12-26)17-27-25(33)34-16-22-20-9-3-1-7-18(20)19-8-2-4-10-21(19)22/h1-4,7-10,22,29H,5-6,11-17H2,(H,27,33)(H,30,31). The summed E-state index contributed by atoms with van der Waals surface area (Å²) in [5.41, 5.74) is 3.64. The van der Waals surface area contributed by atoms with Crippen molar-refractivity contribution in [2.24, 2.45) is 5.41 Å². The van der Waals surface area contributed by atoms with E-state index in [4.69, 9.17) is 9.84 Å². The van der Waals surface area contributed by atoms with Crippen molar-refractivity contribution in [3.8, 4) is 11.1 Å². The maximum absolute atomic E-state index is 13.2. The largest absolute Gasteiger partial charge is 0.480 e. The van der Waals surface area contributed by atoms with Gasteiger partial charge in [-0.1, -0.05) is 61.4 Å². The van der Waals surface area contributed by atoms with Crippen molar-refractivity contribution >= 4 is 18.0 Å². The van der Waals surface area contributed by atoms with Crippen molar-refractivity contribution in [3.05, 3.63) is 59.7 Å². The van der Waals surface area contributed by atoms with Crippen LogP contribution in [0.3, 0.4) is 0 Å². The second-order valence-electron chi connectivity index (χ2n) is 9.01. The molecule has 0 heterocycles. The number of carbonyl (C=O) groups excluding carboxylic acids is 2. The summed E-state index contributed by atoms with van der Waals surface area (Å²) in [7, 11) is 0. The molecule has 0 spiro atoms. The fourth-order valence-electron chi connectivity index (χ4n) is 5.28. The lowest BCUT2D eigenvalue weighted by molar-refractivity contribution is -0.150. The molecule has 34 heavy (non-hydrogen) atoms. The third-order valence-corrected chi connectivity index (χ3v) is 6.91. The molecular weight excluding hydrogens is 436 g/mol. The number of aliphatic carboxylic acids is 1. The lowest BCUT2D eigenvalue weighted by Gasteiger charge is -2.33. The van der Waals surface area contributed by atoms with Gasteiger partial charge in [-0.2, -0.15) is 0 Å². The zero-order valence-electron chi connectivity index (χ0n) is 19.0. The summed E-state index contributed by atoms with van der Waals surface area (Å²) in [5, 5.41) is 21.2. The molecule has 8 heteroatoms. The van der Waals surface area contributed by atoms with Gasteiger partial charge in [0.15, 0.2) is 0 Å². The Bertz CT molecular complexity index is 1020. The van der Waals surface area contributed by atoms with Crippen molar-refractivity contribution in [1.82, 2.24) is 10.2 Å². The number of hydrogen-bond acceptors (Lipinski definition) is 5. The highest BCUT2D eigenvalue weighted by molar-refractivity contribution is 5.87. The number of aliphatic hydroxyl groups excluding tert-OH is 1. The smallest absolute Gasteiger partial charge is 0.407 e. The minimum Gasteiger partial charge on any atom is -0.480 e. The molecule has 2 aromatic carbocycles. The predicted molar refractivity (Wildman–Crippen MR) is 125 cm³/mol. The van der Waals surface area contributed by atoms with Crippen LogP contribution in [0, 0.1) is 5.41 Å². The van der Waals surface area contributed by atoms with Gasteiger partial charge in [-0.3, -0.25) is 9.59 Å². The van der Waals surface area contributed by atoms with Gasteiger partial charge in [-0.05, 0) is 35.1 Å². The van der Waals surface area contributed by atoms with Crippen LogP contribution in [0.25, 0.3) is 11.1 Å². The first-order valence-corrected chi connectivity index (χ1v) is 11.7. The van der Waals surface area contributed by atoms with Crippen LogP contribution in [0.1, 0.15) is 42.7 Å². The predicted octanol–water partition coefficient (Wildman–Crippen LogP) is 2.99. The molecule has 0 unspecified atom stereocenters. The van der Waals surface area contributed by atoms with E-state index in [-0.39, 0.29) is 38.1 Å². The third-order valence-electron chi connectivity index (χ3n) is 6.91. The van der Waals surface area contributed by atoms with E-state index in [0.717, 1.165) is 40.0 Å². The van der Waals surface area contributed by atoms with Gasteiger partial charge in [0.2, 0.25) is 5.91 Å². The Kier molecular flexibility index (Phi) is 7.17. The molecule has 0 bridgehead atoms. The highest BCUT2D eigenvalue weighted by Gasteiger charge is 2.44. The van der Waals surface area contributed by atoms with Crippen LogP contribution in [0.2, 0.25) is 0 Å². The number of carbonyl (C=O) groups is 3. The molecule has 0 saturated heterocycles. The first-order valence-electron chi connectivity index (χ1n) is 11.7. The summed E-state index contributed by atoms with van der Waals surface area (Å²) < 4.78 is 5.59. The number of ether oxygens (including phenoxy) is 1. The Morgan fingerprint density at radius 1 is 1.00 bits per heavy atom. The number of benzene rings is 2. The van der Waals surface area contributed by atoms with Crippen LogP contribution in [-0.2, 0) is 14.3 Å². The maximum atomic E-state index is 13.2. The van der Waals surface area contributed by atoms with Gasteiger partial charge in [-0.25, -0.2) is 4.79 Å². The minimum absolute atomic E-state index is 0.0577. The average molecular weight is 467 g/mol. The molecule has 2 aliphatic carbocycles. The van der Waals surface area contributed by atoms with Crippen molar-refractivity contribution in [2.75, 3.05) is 32.8 Å². The van der Waals surface area contributed by atoms with Gasteiger partial charge in [0.25, 0.3) is 0 Å². The molecule has 0 atom stereocenters. The van der Waals surface area contributed by atoms with E-state index in [1.54, 1.807) is 0 Å². The van der Waals surface area contributed by atoms with Crippen LogP contribution in [0.15, 0.2) is 48.5 Å². The zero-order valence-corrected chi connectivity index (χ0v) is 19.0. The van der Waals surface area contributed by atoms with Gasteiger partial charge < -0.3 is 25.2 Å². The average Bonchev–Trinajstić information content (AvgIpc) is 3.44. The molecule has 2 aromatic rings. The van der Waals surface area contributed by atoms with Crippen molar-refractivity contribution in [1.29, 1.82) is 0 Å². The maximum Gasteiger partial charge on any atom is 0.407 e. The lowest BCUT2D eigenvalue weighted by Crippen LogP contribution is -2.51. The molecule has 1 fully saturated rings. The normalized spacial score (nSPS) is 15.9. The minimum atomic E-state index is -1.14. The van der Waals surface area contributed by atoms with Crippen molar-refractivity contribution in [3.63, 3.8) is 0 Å². The van der Waals surface area contributed by atoms with Crippen molar-refractivity contribution in [2.45, 2.75) is 31.6 Å². The van der Waals surface area contributed by atoms with Gasteiger partial charge in [-0.15, -0.1) is 0 Å². The number of nitrogens with one attached hydrogen (secondary N) is 1. The fraction of sp³-hybridized carbons (Fsp3) is 0.423. The monoisotopic (exact) mass is 466 g/mol. The van der Waals surface area contributed by atoms with Gasteiger partial charge >= 0.3 is 12.1 Å². The second kappa shape index (κ2) is 10.3. The summed E-state index contributed by atoms with van der Waals surface area (Å²) in [6.45, 7) is -0.612. The molecule has 180 valence electrons. The Labute approximate surface area is 198 Å². The van der Waals surface area contributed by atoms with E-state index >= 15 is 0 Å². The number of rotatable bonds is 9. The number of carboxylic acid groups (broad SMARTS) is 1. The third kappa shape index (κ3) is 4.77. The number of fused-ring (bicyclic) bond motifs is 3. The molecule has 2 aliphatic rings. The van der Waals surface area contributed by atoms with E-state index in [1.807, 2.05) is 36.4 Å². The van der Waals surface area contributed by atoms with Crippen LogP contribution in [0.4, 0.5) is 4.79 Å². The molecule has 4 rings (SSSR count). The van der Waals surface area contributed by atoms with E-state index in [2.05, 4.69) is 17.4 Å². The van der Waals surface area contributed by atoms with Crippen molar-refractivity contribution < 1.29 is 29.3 Å². The number of amides is 2. The molecule has 0 aliphatic heterocycles. The molecule has 0 aromatic heterocycles. The summed E-state index contributed by atoms with van der Waals surface area (Å²) in [6, 6.07) is 16.2. The van der Waals surface area contributed by atoms with Gasteiger partial charge in [0, 0.05) is 19.0 Å². The summed E-state index contributed by atoms with van der Waals surface area (Å²) in [6.07, 6.45) is 2.14. The first-order chi connectivity index (χ1) is 16.4. The fourth-order valence-corrected chi connectivity index (χ4v) is 5.28. The topological polar surface area (TPSA) is 116 Å². The highest BCUT2D eigenvalue weighted by atomic mass is 16.5. The van der Waals surface area contributed by atoms with Gasteiger partial charge in [0.05, 0.1) is 12.0 Å². The molecule has 8 nitrogen and oxygen atoms in total. The number of aliphatic hydroxyl groups is 1. The zero-order chi connectivity index (χ0) is 24.1. The summed E-state index contributed by atoms with van der Waals surface area (Å²) >= 11 is 0. The van der Waals surface area contributed by atoms with Crippen LogP contribution in [0.5, 0.6) is 0 Å². The van der Waals surface area contributed by atoms with Crippen LogP contribution >= 0.6 is 0 Å². The molecule has 2 amide bonds. The Morgan fingerprint density at radius 2 is 1.59 bits per heavy atom. The van der Waals surface area contributed by atoms with E-state index in [9.17, 15) is 19.5 Å². The highest BCUT2D eigenvalue weighted by Crippen LogP contribution is 2.44. The Hall–Kier alpha value is -3.39. The lowest BCUT2D eigenvalue weighted by atomic mass is 9.84. The SMILES string of the molecule is O=C(O)CN(CCO)C(=O)C1(CNC(=O)OCC2c3ccccc3-c3ccccc32)CCCC1. The number of hydrogen-bond donors (Lipinski definition) is 3. The Balaban J connectivity index is 1.40. The Morgan fingerprint density at radius 3 is 2.15 bits per heavy atom. The number of alkyl carbamates (subject to hydrolysis) is 1. The van der Waals surface area contributed by atoms with Crippen LogP contribution in [-0.4, -0.2) is 65.9 Å². The second-order valence-corrected chi connectivity index (χ2v) is 9.01. The molecule has 1 saturated carbocycles. The summed E-state index contributed by atoms with van der Waals surface area (Å²) in [4.78, 5) is 38.2. The van der Waals surface area contributed by atoms with Gasteiger partial charge in [0.1, 0.15) is 13.2 Å². The van der Waals surface area contributed by atoms with Crippen LogP contribution < -0.4 is 5.32 Å². The number of carboxylic acids is 1. The van der Waals surface area contributed by atoms with E-state index in [1.165, 1.54) is 0 Å². The van der Waals surface area contributed by atoms with E-state index in [0.29, 0.717) is 12.8 Å². The molecule has 0 radical (unpaired) electrons. The van der Waals surface area contributed by atoms with E-state index < -0.39 is 24.0 Å². The first kappa shape index (κ1) is 23.8. The quantitative estimate of drug-likeness (QED) is 0.523. The molecule has 3 N–H and O–H groups in total. The summed E-state index contributed by atoms with van der Waals surface area (Å²) in [5.74, 6) is -1.55. The number of nitrogens with zero attached hydrogens (tertiary/aromatic N) is 1. The molecular formula is C26H30N2O6.